The summed E-state index contributed by atoms with van der Waals surface area (Å²) in [4.78, 5) is 0.314. The third kappa shape index (κ3) is 4.31. The summed E-state index contributed by atoms with van der Waals surface area (Å²) in [6.07, 6.45) is 1.21. The van der Waals surface area contributed by atoms with Crippen LogP contribution in [-0.2, 0) is 9.84 Å². The van der Waals surface area contributed by atoms with E-state index in [1.54, 1.807) is 18.2 Å². The Morgan fingerprint density at radius 3 is 2.43 bits per heavy atom. The second-order valence-corrected chi connectivity index (χ2v) is 8.62. The van der Waals surface area contributed by atoms with Gasteiger partial charge in [0.15, 0.2) is 9.84 Å². The van der Waals surface area contributed by atoms with Crippen LogP contribution in [0.3, 0.4) is 0 Å². The van der Waals surface area contributed by atoms with Crippen LogP contribution in [0, 0.1) is 0 Å². The highest BCUT2D eigenvalue weighted by atomic mass is 79.9. The first kappa shape index (κ1) is 16.5. The first-order valence-corrected chi connectivity index (χ1v) is 9.77. The van der Waals surface area contributed by atoms with Crippen molar-refractivity contribution in [3.05, 3.63) is 57.0 Å². The molecular weight excluding hydrogens is 418 g/mol. The number of hydrogen-bond donors (Lipinski definition) is 1. The Morgan fingerprint density at radius 2 is 1.81 bits per heavy atom. The number of nitrogens with one attached hydrogen (secondary N) is 1. The summed E-state index contributed by atoms with van der Waals surface area (Å²) in [6, 6.07) is 12.9. The fourth-order valence-corrected chi connectivity index (χ4v) is 4.05. The minimum Gasteiger partial charge on any atom is -0.378 e. The van der Waals surface area contributed by atoms with Crippen LogP contribution in [0.4, 0.5) is 5.69 Å². The lowest BCUT2D eigenvalue weighted by Gasteiger charge is -2.18. The van der Waals surface area contributed by atoms with Crippen LogP contribution in [0.15, 0.2) is 56.3 Å². The standard InChI is InChI=1S/C15H15Br2NO2S/c1-10(14-7-6-11(16)8-15(14)17)18-12-4-3-5-13(9-12)21(2,19)20/h3-10,18H,1-2H3. The van der Waals surface area contributed by atoms with Crippen molar-refractivity contribution in [3.8, 4) is 0 Å². The fourth-order valence-electron chi connectivity index (χ4n) is 2.00. The molecular formula is C15H15Br2NO2S. The maximum absolute atomic E-state index is 11.6. The Morgan fingerprint density at radius 1 is 1.10 bits per heavy atom. The predicted octanol–water partition coefficient (Wildman–Crippen LogP) is 4.79. The quantitative estimate of drug-likeness (QED) is 0.755. The molecule has 0 saturated heterocycles. The zero-order valence-electron chi connectivity index (χ0n) is 11.6. The largest absolute Gasteiger partial charge is 0.378 e. The molecule has 6 heteroatoms. The Kier molecular flexibility index (Phi) is 5.11. The molecule has 0 amide bonds. The van der Waals surface area contributed by atoms with Crippen molar-refractivity contribution in [2.45, 2.75) is 17.9 Å². The van der Waals surface area contributed by atoms with Crippen LogP contribution in [0.25, 0.3) is 0 Å². The molecule has 0 aromatic heterocycles. The van der Waals surface area contributed by atoms with Crippen molar-refractivity contribution in [1.29, 1.82) is 0 Å². The van der Waals surface area contributed by atoms with Gasteiger partial charge in [0.2, 0.25) is 0 Å². The lowest BCUT2D eigenvalue weighted by molar-refractivity contribution is 0.602. The van der Waals surface area contributed by atoms with Gasteiger partial charge in [-0.25, -0.2) is 8.42 Å². The van der Waals surface area contributed by atoms with Gasteiger partial charge in [-0.3, -0.25) is 0 Å². The molecule has 21 heavy (non-hydrogen) atoms. The minimum absolute atomic E-state index is 0.0438. The number of benzene rings is 2. The Hall–Kier alpha value is -0.850. The van der Waals surface area contributed by atoms with Crippen molar-refractivity contribution in [2.24, 2.45) is 0 Å². The van der Waals surface area contributed by atoms with Gasteiger partial charge in [-0.15, -0.1) is 0 Å². The number of sulfone groups is 1. The molecule has 0 fully saturated rings. The lowest BCUT2D eigenvalue weighted by Crippen LogP contribution is -2.08. The number of halogens is 2. The maximum Gasteiger partial charge on any atom is 0.175 e. The second kappa shape index (κ2) is 6.50. The summed E-state index contributed by atoms with van der Waals surface area (Å²) in [5.74, 6) is 0. The van der Waals surface area contributed by atoms with Crippen molar-refractivity contribution in [3.63, 3.8) is 0 Å². The highest BCUT2D eigenvalue weighted by Gasteiger charge is 2.12. The zero-order chi connectivity index (χ0) is 15.6. The third-order valence-electron chi connectivity index (χ3n) is 3.07. The fraction of sp³-hybridized carbons (Fsp3) is 0.200. The summed E-state index contributed by atoms with van der Waals surface area (Å²) in [7, 11) is -3.19. The molecule has 2 rings (SSSR count). The van der Waals surface area contributed by atoms with E-state index in [-0.39, 0.29) is 6.04 Å². The van der Waals surface area contributed by atoms with E-state index in [0.717, 1.165) is 20.2 Å². The van der Waals surface area contributed by atoms with Gasteiger partial charge in [0, 0.05) is 26.9 Å². The molecule has 0 bridgehead atoms. The van der Waals surface area contributed by atoms with Gasteiger partial charge < -0.3 is 5.32 Å². The van der Waals surface area contributed by atoms with Gasteiger partial charge in [-0.05, 0) is 42.8 Å². The molecule has 112 valence electrons. The predicted molar refractivity (Wildman–Crippen MR) is 93.4 cm³/mol. The highest BCUT2D eigenvalue weighted by molar-refractivity contribution is 9.11. The van der Waals surface area contributed by atoms with Crippen LogP contribution in [-0.4, -0.2) is 14.7 Å². The van der Waals surface area contributed by atoms with Gasteiger partial charge in [-0.1, -0.05) is 44.0 Å². The minimum atomic E-state index is -3.19. The number of hydrogen-bond acceptors (Lipinski definition) is 3. The monoisotopic (exact) mass is 431 g/mol. The van der Waals surface area contributed by atoms with Gasteiger partial charge in [0.25, 0.3) is 0 Å². The van der Waals surface area contributed by atoms with Crippen molar-refractivity contribution in [1.82, 2.24) is 0 Å². The maximum atomic E-state index is 11.6. The smallest absolute Gasteiger partial charge is 0.175 e. The number of anilines is 1. The summed E-state index contributed by atoms with van der Waals surface area (Å²) >= 11 is 6.97. The molecule has 1 atom stereocenters. The Labute approximate surface area is 141 Å². The molecule has 0 aliphatic carbocycles. The van der Waals surface area contributed by atoms with Gasteiger partial charge in [0.05, 0.1) is 4.90 Å². The van der Waals surface area contributed by atoms with E-state index in [0.29, 0.717) is 4.90 Å². The number of rotatable bonds is 4. The van der Waals surface area contributed by atoms with Gasteiger partial charge >= 0.3 is 0 Å². The van der Waals surface area contributed by atoms with E-state index >= 15 is 0 Å². The molecule has 2 aromatic carbocycles. The second-order valence-electron chi connectivity index (χ2n) is 4.83. The van der Waals surface area contributed by atoms with Gasteiger partial charge in [0.1, 0.15) is 0 Å². The van der Waals surface area contributed by atoms with Crippen molar-refractivity contribution in [2.75, 3.05) is 11.6 Å². The summed E-state index contributed by atoms with van der Waals surface area (Å²) in [5.41, 5.74) is 1.88. The van der Waals surface area contributed by atoms with Crippen LogP contribution in [0.1, 0.15) is 18.5 Å². The van der Waals surface area contributed by atoms with Crippen molar-refractivity contribution < 1.29 is 8.42 Å². The summed E-state index contributed by atoms with van der Waals surface area (Å²) in [5, 5.41) is 3.32. The lowest BCUT2D eigenvalue weighted by atomic mass is 10.1. The molecule has 0 spiro atoms. The summed E-state index contributed by atoms with van der Waals surface area (Å²) < 4.78 is 25.2. The third-order valence-corrected chi connectivity index (χ3v) is 5.36. The first-order valence-electron chi connectivity index (χ1n) is 6.29. The SMILES string of the molecule is CC(Nc1cccc(S(C)(=O)=O)c1)c1ccc(Br)cc1Br. The molecule has 1 N–H and O–H groups in total. The molecule has 2 aromatic rings. The molecule has 0 saturated carbocycles. The molecule has 0 radical (unpaired) electrons. The van der Waals surface area contributed by atoms with Crippen LogP contribution < -0.4 is 5.32 Å². The van der Waals surface area contributed by atoms with Crippen LogP contribution in [0.5, 0.6) is 0 Å². The van der Waals surface area contributed by atoms with E-state index in [1.807, 2.05) is 31.2 Å². The average Bonchev–Trinajstić information content (AvgIpc) is 2.37. The van der Waals surface area contributed by atoms with E-state index in [4.69, 9.17) is 0 Å². The molecule has 0 heterocycles. The average molecular weight is 433 g/mol. The van der Waals surface area contributed by atoms with Gasteiger partial charge in [-0.2, -0.15) is 0 Å². The van der Waals surface area contributed by atoms with E-state index in [9.17, 15) is 8.42 Å². The molecule has 3 nitrogen and oxygen atoms in total. The Balaban J connectivity index is 2.25. The van der Waals surface area contributed by atoms with Crippen LogP contribution >= 0.6 is 31.9 Å². The summed E-state index contributed by atoms with van der Waals surface area (Å²) in [6.45, 7) is 2.03. The Bertz CT molecular complexity index is 760. The van der Waals surface area contributed by atoms with Crippen LogP contribution in [0.2, 0.25) is 0 Å². The van der Waals surface area contributed by atoms with Crippen molar-refractivity contribution >= 4 is 47.4 Å². The zero-order valence-corrected chi connectivity index (χ0v) is 15.6. The highest BCUT2D eigenvalue weighted by Crippen LogP contribution is 2.29. The molecule has 1 unspecified atom stereocenters. The normalized spacial score (nSPS) is 13.0. The topological polar surface area (TPSA) is 46.2 Å². The van der Waals surface area contributed by atoms with E-state index in [1.165, 1.54) is 6.26 Å². The first-order chi connectivity index (χ1) is 9.77. The molecule has 0 aliphatic heterocycles. The van der Waals surface area contributed by atoms with E-state index in [2.05, 4.69) is 37.2 Å². The molecule has 0 aliphatic rings. The van der Waals surface area contributed by atoms with E-state index < -0.39 is 9.84 Å².